The molecule has 0 amide bonds. The third kappa shape index (κ3) is 1.36. The van der Waals surface area contributed by atoms with E-state index in [1.165, 1.54) is 0 Å². The summed E-state index contributed by atoms with van der Waals surface area (Å²) < 4.78 is 12.5. The first-order valence-electron chi connectivity index (χ1n) is 3.46. The van der Waals surface area contributed by atoms with E-state index in [2.05, 4.69) is 11.2 Å². The summed E-state index contributed by atoms with van der Waals surface area (Å²) in [7, 11) is 0. The lowest BCUT2D eigenvalue weighted by Gasteiger charge is -1.91. The van der Waals surface area contributed by atoms with E-state index in [0.717, 1.165) is 16.9 Å². The first-order chi connectivity index (χ1) is 5.86. The van der Waals surface area contributed by atoms with Crippen LogP contribution in [0.1, 0.15) is 0 Å². The molecular weight excluding hydrogens is 173 g/mol. The van der Waals surface area contributed by atoms with Crippen molar-refractivity contribution >= 4 is 11.3 Å². The highest BCUT2D eigenvalue weighted by Crippen LogP contribution is 2.22. The summed E-state index contributed by atoms with van der Waals surface area (Å²) in [5, 5.41) is 0.307. The van der Waals surface area contributed by atoms with Gasteiger partial charge in [0.25, 0.3) is 0 Å². The molecule has 0 fully saturated rings. The van der Waals surface area contributed by atoms with E-state index in [0.29, 0.717) is 5.01 Å². The molecule has 1 aromatic carbocycles. The molecule has 59 valence electrons. The maximum Gasteiger partial charge on any atom is 0.206 e. The van der Waals surface area contributed by atoms with E-state index >= 15 is 0 Å². The van der Waals surface area contributed by atoms with Crippen LogP contribution in [0.4, 0.5) is 4.39 Å². The molecule has 12 heavy (non-hydrogen) atoms. The summed E-state index contributed by atoms with van der Waals surface area (Å²) in [6.45, 7) is 0. The van der Waals surface area contributed by atoms with Crippen molar-refractivity contribution in [3.05, 3.63) is 41.7 Å². The number of hydrogen-bond acceptors (Lipinski definition) is 2. The zero-order chi connectivity index (χ0) is 8.39. The number of nitrogens with zero attached hydrogens (tertiary/aromatic N) is 1. The lowest BCUT2D eigenvalue weighted by atomic mass is 10.2. The molecule has 0 aliphatic rings. The van der Waals surface area contributed by atoms with Gasteiger partial charge in [-0.05, 0) is 0 Å². The molecule has 0 N–H and O–H groups in total. The van der Waals surface area contributed by atoms with Crippen LogP contribution in [-0.4, -0.2) is 4.98 Å². The Morgan fingerprint density at radius 2 is 2.00 bits per heavy atom. The fourth-order valence-corrected chi connectivity index (χ4v) is 1.54. The maximum atomic E-state index is 12.5. The summed E-state index contributed by atoms with van der Waals surface area (Å²) >= 11 is 1.01. The molecule has 0 unspecified atom stereocenters. The predicted octanol–water partition coefficient (Wildman–Crippen LogP) is 2.75. The second kappa shape index (κ2) is 3.03. The summed E-state index contributed by atoms with van der Waals surface area (Å²) in [5.74, 6) is 0. The largest absolute Gasteiger partial charge is 0.231 e. The zero-order valence-electron chi connectivity index (χ0n) is 6.12. The van der Waals surface area contributed by atoms with Gasteiger partial charge in [-0.1, -0.05) is 41.7 Å². The molecule has 1 radical (unpaired) electrons. The molecule has 0 atom stereocenters. The molecular formula is C9H5FNS. The van der Waals surface area contributed by atoms with Crippen molar-refractivity contribution in [3.8, 4) is 10.6 Å². The lowest BCUT2D eigenvalue weighted by molar-refractivity contribution is 0.651. The molecule has 1 nitrogen and oxygen atoms in total. The van der Waals surface area contributed by atoms with Crippen LogP contribution in [0.5, 0.6) is 0 Å². The molecule has 0 bridgehead atoms. The Morgan fingerprint density at radius 3 is 2.58 bits per heavy atom. The second-order valence-electron chi connectivity index (χ2n) is 2.27. The van der Waals surface area contributed by atoms with Gasteiger partial charge in [-0.15, -0.1) is 0 Å². The van der Waals surface area contributed by atoms with Gasteiger partial charge in [0.2, 0.25) is 5.13 Å². The van der Waals surface area contributed by atoms with Gasteiger partial charge in [0.05, 0.1) is 0 Å². The summed E-state index contributed by atoms with van der Waals surface area (Å²) in [6, 6.07) is 9.50. The molecule has 0 aliphatic heterocycles. The minimum Gasteiger partial charge on any atom is -0.231 e. The number of thiazole rings is 1. The van der Waals surface area contributed by atoms with Crippen molar-refractivity contribution < 1.29 is 4.39 Å². The molecule has 3 heteroatoms. The zero-order valence-corrected chi connectivity index (χ0v) is 6.94. The first kappa shape index (κ1) is 7.43. The monoisotopic (exact) mass is 178 g/mol. The summed E-state index contributed by atoms with van der Waals surface area (Å²) in [6.07, 6.45) is 2.27. The quantitative estimate of drug-likeness (QED) is 0.654. The standard InChI is InChI=1S/C9H5FNS/c10-8-6-11-9(12-8)7-4-2-1-3-5-7/h1-5H. The molecule has 0 saturated heterocycles. The van der Waals surface area contributed by atoms with Crippen LogP contribution in [0.3, 0.4) is 0 Å². The van der Waals surface area contributed by atoms with Crippen molar-refractivity contribution in [2.75, 3.05) is 0 Å². The van der Waals surface area contributed by atoms with Gasteiger partial charge in [-0.25, -0.2) is 4.98 Å². The second-order valence-corrected chi connectivity index (χ2v) is 3.22. The van der Waals surface area contributed by atoms with Crippen LogP contribution in [-0.2, 0) is 0 Å². The minimum atomic E-state index is -0.367. The van der Waals surface area contributed by atoms with Crippen molar-refractivity contribution in [1.82, 2.24) is 4.98 Å². The number of aromatic nitrogens is 1. The smallest absolute Gasteiger partial charge is 0.206 e. The number of rotatable bonds is 1. The van der Waals surface area contributed by atoms with Crippen molar-refractivity contribution in [2.45, 2.75) is 0 Å². The van der Waals surface area contributed by atoms with Gasteiger partial charge < -0.3 is 0 Å². The first-order valence-corrected chi connectivity index (χ1v) is 4.27. The van der Waals surface area contributed by atoms with E-state index in [4.69, 9.17) is 0 Å². The van der Waals surface area contributed by atoms with Crippen LogP contribution >= 0.6 is 11.3 Å². The average Bonchev–Trinajstić information content (AvgIpc) is 2.54. The Labute approximate surface area is 73.5 Å². The van der Waals surface area contributed by atoms with Gasteiger partial charge >= 0.3 is 0 Å². The van der Waals surface area contributed by atoms with Gasteiger partial charge in [-0.3, -0.25) is 0 Å². The van der Waals surface area contributed by atoms with Gasteiger partial charge in [-0.2, -0.15) is 4.39 Å². The molecule has 0 aliphatic carbocycles. The fourth-order valence-electron chi connectivity index (χ4n) is 0.929. The molecule has 0 spiro atoms. The van der Waals surface area contributed by atoms with Gasteiger partial charge in [0, 0.05) is 5.56 Å². The van der Waals surface area contributed by atoms with Crippen molar-refractivity contribution in [1.29, 1.82) is 0 Å². The molecule has 2 aromatic rings. The Kier molecular flexibility index (Phi) is 1.87. The summed E-state index contributed by atoms with van der Waals surface area (Å²) in [4.78, 5) is 3.80. The fraction of sp³-hybridized carbons (Fsp3) is 0. The Morgan fingerprint density at radius 1 is 1.25 bits per heavy atom. The van der Waals surface area contributed by atoms with E-state index in [1.54, 1.807) is 0 Å². The Hall–Kier alpha value is -1.22. The van der Waals surface area contributed by atoms with Crippen molar-refractivity contribution in [3.63, 3.8) is 0 Å². The van der Waals surface area contributed by atoms with Crippen LogP contribution in [0, 0.1) is 11.3 Å². The van der Waals surface area contributed by atoms with Crippen LogP contribution in [0.2, 0.25) is 0 Å². The average molecular weight is 178 g/mol. The molecule has 1 aromatic heterocycles. The van der Waals surface area contributed by atoms with Crippen LogP contribution in [0.15, 0.2) is 30.3 Å². The van der Waals surface area contributed by atoms with Crippen LogP contribution < -0.4 is 0 Å². The van der Waals surface area contributed by atoms with E-state index < -0.39 is 0 Å². The van der Waals surface area contributed by atoms with E-state index in [1.807, 2.05) is 30.3 Å². The SMILES string of the molecule is Fc1[c]nc(-c2ccccc2)s1. The number of halogens is 1. The highest BCUT2D eigenvalue weighted by Gasteiger charge is 2.02. The predicted molar refractivity (Wildman–Crippen MR) is 46.3 cm³/mol. The highest BCUT2D eigenvalue weighted by molar-refractivity contribution is 7.13. The number of hydrogen-bond donors (Lipinski definition) is 0. The van der Waals surface area contributed by atoms with E-state index in [-0.39, 0.29) is 5.13 Å². The lowest BCUT2D eigenvalue weighted by Crippen LogP contribution is -1.71. The molecule has 0 saturated carbocycles. The Balaban J connectivity index is 2.45. The Bertz CT molecular complexity index is 369. The summed E-state index contributed by atoms with van der Waals surface area (Å²) in [5.41, 5.74) is 0.933. The third-order valence-corrected chi connectivity index (χ3v) is 2.24. The van der Waals surface area contributed by atoms with Crippen LogP contribution in [0.25, 0.3) is 10.6 Å². The molecule has 1 heterocycles. The van der Waals surface area contributed by atoms with E-state index in [9.17, 15) is 4.39 Å². The topological polar surface area (TPSA) is 12.9 Å². The third-order valence-electron chi connectivity index (χ3n) is 1.45. The number of benzene rings is 1. The minimum absolute atomic E-state index is 0.367. The normalized spacial score (nSPS) is 10.1. The van der Waals surface area contributed by atoms with Gasteiger partial charge in [0.15, 0.2) is 0 Å². The molecule has 2 rings (SSSR count). The highest BCUT2D eigenvalue weighted by atomic mass is 32.1. The maximum absolute atomic E-state index is 12.5. The van der Waals surface area contributed by atoms with Gasteiger partial charge in [0.1, 0.15) is 11.2 Å². The van der Waals surface area contributed by atoms with Crippen molar-refractivity contribution in [2.24, 2.45) is 0 Å².